The highest BCUT2D eigenvalue weighted by atomic mass is 32.2. The van der Waals surface area contributed by atoms with Gasteiger partial charge in [-0.2, -0.15) is 0 Å². The molecule has 0 spiro atoms. The van der Waals surface area contributed by atoms with Gasteiger partial charge in [0.05, 0.1) is 21.3 Å². The molecule has 14 heteroatoms. The van der Waals surface area contributed by atoms with E-state index in [4.69, 9.17) is 0 Å². The van der Waals surface area contributed by atoms with Gasteiger partial charge in [-0.15, -0.1) is 0 Å². The van der Waals surface area contributed by atoms with Crippen LogP contribution in [0.25, 0.3) is 0 Å². The minimum atomic E-state index is -3.99. The van der Waals surface area contributed by atoms with Crippen molar-refractivity contribution in [2.45, 2.75) is 76.7 Å². The Bertz CT molecular complexity index is 1800. The normalized spacial score (nSPS) is 12.6. The van der Waals surface area contributed by atoms with Gasteiger partial charge in [-0.3, -0.25) is 4.90 Å². The van der Waals surface area contributed by atoms with Crippen LogP contribution in [0.5, 0.6) is 0 Å². The third-order valence-electron chi connectivity index (χ3n) is 7.84. The van der Waals surface area contributed by atoms with Crippen molar-refractivity contribution in [3.63, 3.8) is 0 Å². The van der Waals surface area contributed by atoms with Crippen molar-refractivity contribution >= 4 is 30.1 Å². The molecule has 0 fully saturated rings. The van der Waals surface area contributed by atoms with Gasteiger partial charge in [0.2, 0.25) is 30.1 Å². The third kappa shape index (κ3) is 9.92. The summed E-state index contributed by atoms with van der Waals surface area (Å²) in [6, 6.07) is 10.6. The lowest BCUT2D eigenvalue weighted by molar-refractivity contribution is 0.278. The molecule has 0 saturated heterocycles. The smallest absolute Gasteiger partial charge is 0.241 e. The molecule has 0 aliphatic rings. The van der Waals surface area contributed by atoms with Crippen molar-refractivity contribution in [2.24, 2.45) is 0 Å². The van der Waals surface area contributed by atoms with E-state index in [-0.39, 0.29) is 54.0 Å². The maximum absolute atomic E-state index is 13.3. The Hall–Kier alpha value is -2.69. The molecule has 0 aliphatic heterocycles. The molecule has 3 aromatic rings. The number of rotatable bonds is 16. The van der Waals surface area contributed by atoms with Gasteiger partial charge in [-0.05, 0) is 88.8 Å². The van der Waals surface area contributed by atoms with Crippen molar-refractivity contribution in [3.05, 3.63) is 86.5 Å². The quantitative estimate of drug-likeness (QED) is 0.177. The van der Waals surface area contributed by atoms with Gasteiger partial charge in [-0.25, -0.2) is 39.4 Å². The molecule has 0 atom stereocenters. The summed E-state index contributed by atoms with van der Waals surface area (Å²) in [5.41, 5.74) is 6.06. The van der Waals surface area contributed by atoms with Gasteiger partial charge in [0, 0.05) is 39.3 Å². The first-order chi connectivity index (χ1) is 21.8. The van der Waals surface area contributed by atoms with E-state index >= 15 is 0 Å². The molecule has 0 unspecified atom stereocenters. The molecule has 47 heavy (non-hydrogen) atoms. The Kier molecular flexibility index (Phi) is 12.9. The molecule has 0 amide bonds. The SMILES string of the molecule is Cc1cc(C)c(S(=O)(=O)NCCN(CCNS(=O)(=O)c2c(C)cc(C)cc2C)CCNS(=O)(=O)c2c(C)cc(C)cc2CO)c(C)c1. The molecule has 3 aromatic carbocycles. The number of aliphatic hydroxyl groups excluding tert-OH is 1. The maximum Gasteiger partial charge on any atom is 0.241 e. The summed E-state index contributed by atoms with van der Waals surface area (Å²) >= 11 is 0. The first-order valence-corrected chi connectivity index (χ1v) is 19.8. The van der Waals surface area contributed by atoms with E-state index in [1.807, 2.05) is 45.0 Å². The largest absolute Gasteiger partial charge is 0.392 e. The van der Waals surface area contributed by atoms with Crippen LogP contribution in [0.3, 0.4) is 0 Å². The van der Waals surface area contributed by atoms with Gasteiger partial charge in [0.15, 0.2) is 0 Å². The van der Waals surface area contributed by atoms with E-state index < -0.39 is 36.7 Å². The molecule has 11 nitrogen and oxygen atoms in total. The van der Waals surface area contributed by atoms with Gasteiger partial charge in [0.1, 0.15) is 0 Å². The van der Waals surface area contributed by atoms with Crippen molar-refractivity contribution in [1.82, 2.24) is 19.1 Å². The molecule has 0 aromatic heterocycles. The molecule has 0 saturated carbocycles. The number of benzene rings is 3. The third-order valence-corrected chi connectivity index (χ3v) is 13.1. The summed E-state index contributed by atoms with van der Waals surface area (Å²) in [5, 5.41) is 9.82. The van der Waals surface area contributed by atoms with Crippen LogP contribution in [0.15, 0.2) is 51.1 Å². The number of nitrogens with zero attached hydrogens (tertiary/aromatic N) is 1. The second-order valence-electron chi connectivity index (χ2n) is 12.2. The van der Waals surface area contributed by atoms with E-state index in [1.54, 1.807) is 51.7 Å². The van der Waals surface area contributed by atoms with Gasteiger partial charge in [0.25, 0.3) is 0 Å². The summed E-state index contributed by atoms with van der Waals surface area (Å²) in [4.78, 5) is 2.23. The summed E-state index contributed by atoms with van der Waals surface area (Å²) in [6.07, 6.45) is 0. The van der Waals surface area contributed by atoms with Crippen LogP contribution in [0.1, 0.15) is 50.1 Å². The van der Waals surface area contributed by atoms with E-state index in [9.17, 15) is 30.4 Å². The summed E-state index contributed by atoms with van der Waals surface area (Å²) < 4.78 is 87.4. The van der Waals surface area contributed by atoms with Crippen LogP contribution in [0.4, 0.5) is 0 Å². The van der Waals surface area contributed by atoms with Crippen molar-refractivity contribution < 1.29 is 30.4 Å². The zero-order chi connectivity index (χ0) is 35.3. The van der Waals surface area contributed by atoms with Crippen LogP contribution in [0, 0.1) is 55.4 Å². The Balaban J connectivity index is 1.77. The molecule has 0 aliphatic carbocycles. The van der Waals surface area contributed by atoms with E-state index in [0.717, 1.165) is 16.7 Å². The Morgan fingerprint density at radius 3 is 1.09 bits per heavy atom. The van der Waals surface area contributed by atoms with Crippen LogP contribution < -0.4 is 14.2 Å². The first-order valence-electron chi connectivity index (χ1n) is 15.4. The fourth-order valence-corrected chi connectivity index (χ4v) is 10.7. The minimum Gasteiger partial charge on any atom is -0.392 e. The monoisotopic (exact) mass is 708 g/mol. The average Bonchev–Trinajstić information content (AvgIpc) is 2.90. The number of nitrogens with one attached hydrogen (secondary N) is 3. The van der Waals surface area contributed by atoms with Crippen LogP contribution in [0.2, 0.25) is 0 Å². The Morgan fingerprint density at radius 2 is 0.766 bits per heavy atom. The Morgan fingerprint density at radius 1 is 0.489 bits per heavy atom. The van der Waals surface area contributed by atoms with Crippen molar-refractivity contribution in [3.8, 4) is 0 Å². The number of sulfonamides is 3. The second kappa shape index (κ2) is 15.7. The minimum absolute atomic E-state index is 0.0104. The van der Waals surface area contributed by atoms with Gasteiger partial charge < -0.3 is 5.11 Å². The number of aliphatic hydroxyl groups is 1. The average molecular weight is 709 g/mol. The van der Waals surface area contributed by atoms with Gasteiger partial charge in [-0.1, -0.05) is 53.1 Å². The Labute approximate surface area is 281 Å². The summed E-state index contributed by atoms with van der Waals surface area (Å²) in [6.45, 7) is 14.3. The van der Waals surface area contributed by atoms with E-state index in [1.165, 1.54) is 0 Å². The van der Waals surface area contributed by atoms with Crippen LogP contribution in [-0.4, -0.2) is 74.5 Å². The second-order valence-corrected chi connectivity index (χ2v) is 17.3. The molecule has 260 valence electrons. The maximum atomic E-state index is 13.3. The number of aryl methyl sites for hydroxylation is 8. The molecule has 3 rings (SSSR count). The topological polar surface area (TPSA) is 162 Å². The summed E-state index contributed by atoms with van der Waals surface area (Å²) in [5.74, 6) is 0. The molecule has 0 radical (unpaired) electrons. The number of hydrogen-bond donors (Lipinski definition) is 4. The molecule has 4 N–H and O–H groups in total. The predicted molar refractivity (Wildman–Crippen MR) is 185 cm³/mol. The molecule has 0 heterocycles. The molecular formula is C33H48N4O7S3. The fraction of sp³-hybridized carbons (Fsp3) is 0.455. The van der Waals surface area contributed by atoms with Crippen LogP contribution >= 0.6 is 0 Å². The molecular weight excluding hydrogens is 661 g/mol. The van der Waals surface area contributed by atoms with E-state index in [0.29, 0.717) is 33.4 Å². The zero-order valence-corrected chi connectivity index (χ0v) is 30.9. The van der Waals surface area contributed by atoms with Crippen LogP contribution in [-0.2, 0) is 36.7 Å². The van der Waals surface area contributed by atoms with E-state index in [2.05, 4.69) is 14.2 Å². The highest BCUT2D eigenvalue weighted by Gasteiger charge is 2.24. The zero-order valence-electron chi connectivity index (χ0n) is 28.5. The summed E-state index contributed by atoms with van der Waals surface area (Å²) in [7, 11) is -11.7. The number of hydrogen-bond acceptors (Lipinski definition) is 8. The first kappa shape index (κ1) is 38.8. The molecule has 0 bridgehead atoms. The lowest BCUT2D eigenvalue weighted by Gasteiger charge is -2.24. The lowest BCUT2D eigenvalue weighted by atomic mass is 10.1. The van der Waals surface area contributed by atoms with Crippen molar-refractivity contribution in [2.75, 3.05) is 39.3 Å². The standard InChI is InChI=1S/C33H48N4O7S3/c1-22-15-25(4)31(26(5)16-22)45(39,40)34-9-12-37(13-10-35-46(41,42)32-27(6)17-23(2)18-28(32)7)14-11-36-47(43,44)33-29(8)19-24(3)20-30(33)21-38/h15-20,34-36,38H,9-14,21H2,1-8H3. The highest BCUT2D eigenvalue weighted by Crippen LogP contribution is 2.24. The van der Waals surface area contributed by atoms with Gasteiger partial charge >= 0.3 is 0 Å². The van der Waals surface area contributed by atoms with Crippen molar-refractivity contribution in [1.29, 1.82) is 0 Å². The fourth-order valence-electron chi connectivity index (χ4n) is 6.29. The highest BCUT2D eigenvalue weighted by molar-refractivity contribution is 7.90. The lowest BCUT2D eigenvalue weighted by Crippen LogP contribution is -2.43. The predicted octanol–water partition coefficient (Wildman–Crippen LogP) is 3.18.